The van der Waals surface area contributed by atoms with Crippen molar-refractivity contribution in [1.29, 1.82) is 0 Å². The van der Waals surface area contributed by atoms with Crippen LogP contribution in [-0.4, -0.2) is 56.1 Å². The molecule has 1 aliphatic heterocycles. The minimum absolute atomic E-state index is 0.756. The van der Waals surface area contributed by atoms with Gasteiger partial charge in [0.25, 0.3) is 0 Å². The topological polar surface area (TPSA) is 32.5 Å². The molecule has 2 rings (SSSR count). The maximum atomic E-state index is 5.88. The van der Waals surface area contributed by atoms with Crippen molar-refractivity contribution < 1.29 is 0 Å². The van der Waals surface area contributed by atoms with Crippen molar-refractivity contribution in [2.24, 2.45) is 17.6 Å². The molecule has 2 fully saturated rings. The Bertz CT molecular complexity index is 224. The fourth-order valence-electron chi connectivity index (χ4n) is 3.66. The summed E-state index contributed by atoms with van der Waals surface area (Å²) in [6.07, 6.45) is 6.84. The number of rotatable bonds is 4. The van der Waals surface area contributed by atoms with Crippen LogP contribution >= 0.6 is 0 Å². The molecule has 0 bridgehead atoms. The van der Waals surface area contributed by atoms with Gasteiger partial charge in [-0.1, -0.05) is 6.42 Å². The molecule has 2 aliphatic rings. The van der Waals surface area contributed by atoms with Crippen LogP contribution in [0.15, 0.2) is 0 Å². The molecule has 1 heterocycles. The molecule has 2 N–H and O–H groups in total. The molecule has 2 atom stereocenters. The molecule has 0 aromatic rings. The lowest BCUT2D eigenvalue weighted by Crippen LogP contribution is -2.42. The lowest BCUT2D eigenvalue weighted by atomic mass is 9.95. The van der Waals surface area contributed by atoms with Crippen LogP contribution < -0.4 is 5.73 Å². The van der Waals surface area contributed by atoms with Gasteiger partial charge in [-0.2, -0.15) is 0 Å². The fraction of sp³-hybridized carbons (Fsp3) is 1.00. The zero-order valence-corrected chi connectivity index (χ0v) is 11.6. The van der Waals surface area contributed by atoms with Gasteiger partial charge < -0.3 is 15.5 Å². The SMILES string of the molecule is CN1CCC(CN(C)C2CCCC2CN)CC1. The van der Waals surface area contributed by atoms with Crippen molar-refractivity contribution in [3.8, 4) is 0 Å². The third-order valence-corrected chi connectivity index (χ3v) is 4.87. The van der Waals surface area contributed by atoms with Crippen molar-refractivity contribution >= 4 is 0 Å². The van der Waals surface area contributed by atoms with Gasteiger partial charge >= 0.3 is 0 Å². The molecular formula is C14H29N3. The first-order valence-electron chi connectivity index (χ1n) is 7.29. The van der Waals surface area contributed by atoms with Gasteiger partial charge in [-0.05, 0) is 71.2 Å². The average Bonchev–Trinajstić information content (AvgIpc) is 2.80. The van der Waals surface area contributed by atoms with Crippen LogP contribution in [0.1, 0.15) is 32.1 Å². The van der Waals surface area contributed by atoms with Gasteiger partial charge in [-0.15, -0.1) is 0 Å². The molecule has 0 aromatic carbocycles. The van der Waals surface area contributed by atoms with Crippen LogP contribution in [0.4, 0.5) is 0 Å². The van der Waals surface area contributed by atoms with Crippen LogP contribution in [0.5, 0.6) is 0 Å². The molecule has 3 heteroatoms. The van der Waals surface area contributed by atoms with E-state index in [4.69, 9.17) is 5.73 Å². The second kappa shape index (κ2) is 6.17. The summed E-state index contributed by atoms with van der Waals surface area (Å²) in [5.74, 6) is 1.67. The summed E-state index contributed by atoms with van der Waals surface area (Å²) in [6, 6.07) is 0.764. The molecule has 3 nitrogen and oxygen atoms in total. The van der Waals surface area contributed by atoms with E-state index in [9.17, 15) is 0 Å². The summed E-state index contributed by atoms with van der Waals surface area (Å²) in [5.41, 5.74) is 5.88. The summed E-state index contributed by atoms with van der Waals surface area (Å²) in [4.78, 5) is 5.06. The number of nitrogens with zero attached hydrogens (tertiary/aromatic N) is 2. The molecule has 1 aliphatic carbocycles. The first-order valence-corrected chi connectivity index (χ1v) is 7.29. The van der Waals surface area contributed by atoms with Crippen LogP contribution in [-0.2, 0) is 0 Å². The normalized spacial score (nSPS) is 32.5. The Labute approximate surface area is 106 Å². The summed E-state index contributed by atoms with van der Waals surface area (Å²) < 4.78 is 0. The Balaban J connectivity index is 1.78. The Morgan fingerprint density at radius 3 is 2.53 bits per heavy atom. The second-order valence-corrected chi connectivity index (χ2v) is 6.18. The molecule has 100 valence electrons. The Hall–Kier alpha value is -0.120. The molecule has 2 unspecified atom stereocenters. The van der Waals surface area contributed by atoms with Gasteiger partial charge in [0, 0.05) is 12.6 Å². The molecule has 0 amide bonds. The largest absolute Gasteiger partial charge is 0.330 e. The number of hydrogen-bond donors (Lipinski definition) is 1. The molecule has 1 saturated heterocycles. The van der Waals surface area contributed by atoms with Gasteiger partial charge in [0.15, 0.2) is 0 Å². The highest BCUT2D eigenvalue weighted by Crippen LogP contribution is 2.29. The first kappa shape index (κ1) is 13.3. The Morgan fingerprint density at radius 1 is 1.18 bits per heavy atom. The van der Waals surface area contributed by atoms with E-state index < -0.39 is 0 Å². The number of piperidine rings is 1. The lowest BCUT2D eigenvalue weighted by molar-refractivity contribution is 0.133. The monoisotopic (exact) mass is 239 g/mol. The van der Waals surface area contributed by atoms with Gasteiger partial charge in [0.05, 0.1) is 0 Å². The zero-order chi connectivity index (χ0) is 12.3. The van der Waals surface area contributed by atoms with Gasteiger partial charge in [0.2, 0.25) is 0 Å². The van der Waals surface area contributed by atoms with Crippen LogP contribution in [0, 0.1) is 11.8 Å². The van der Waals surface area contributed by atoms with Gasteiger partial charge in [-0.25, -0.2) is 0 Å². The second-order valence-electron chi connectivity index (χ2n) is 6.18. The maximum Gasteiger partial charge on any atom is 0.0133 e. The van der Waals surface area contributed by atoms with Crippen molar-refractivity contribution in [2.45, 2.75) is 38.1 Å². The van der Waals surface area contributed by atoms with Crippen LogP contribution in [0.2, 0.25) is 0 Å². The van der Waals surface area contributed by atoms with Crippen molar-refractivity contribution in [3.63, 3.8) is 0 Å². The van der Waals surface area contributed by atoms with E-state index in [0.717, 1.165) is 24.4 Å². The van der Waals surface area contributed by atoms with Gasteiger partial charge in [0.1, 0.15) is 0 Å². The van der Waals surface area contributed by atoms with Gasteiger partial charge in [-0.3, -0.25) is 0 Å². The highest BCUT2D eigenvalue weighted by molar-refractivity contribution is 4.86. The molecule has 0 radical (unpaired) electrons. The van der Waals surface area contributed by atoms with Crippen LogP contribution in [0.25, 0.3) is 0 Å². The highest BCUT2D eigenvalue weighted by Gasteiger charge is 2.30. The van der Waals surface area contributed by atoms with E-state index in [0.29, 0.717) is 0 Å². The first-order chi connectivity index (χ1) is 8.20. The number of hydrogen-bond acceptors (Lipinski definition) is 3. The lowest BCUT2D eigenvalue weighted by Gasteiger charge is -2.35. The zero-order valence-electron chi connectivity index (χ0n) is 11.6. The molecule has 0 aromatic heterocycles. The molecule has 1 saturated carbocycles. The van der Waals surface area contributed by atoms with E-state index in [1.54, 1.807) is 0 Å². The van der Waals surface area contributed by atoms with Crippen molar-refractivity contribution in [1.82, 2.24) is 9.80 Å². The average molecular weight is 239 g/mol. The minimum Gasteiger partial charge on any atom is -0.330 e. The van der Waals surface area contributed by atoms with Crippen molar-refractivity contribution in [2.75, 3.05) is 40.3 Å². The predicted octanol–water partition coefficient (Wildman–Crippen LogP) is 1.39. The third-order valence-electron chi connectivity index (χ3n) is 4.87. The maximum absolute atomic E-state index is 5.88. The standard InChI is InChI=1S/C14H29N3/c1-16-8-6-12(7-9-16)11-17(2)14-5-3-4-13(14)10-15/h12-14H,3-11,15H2,1-2H3. The summed E-state index contributed by atoms with van der Waals surface area (Å²) in [7, 11) is 4.55. The minimum atomic E-state index is 0.756. The summed E-state index contributed by atoms with van der Waals surface area (Å²) >= 11 is 0. The Kier molecular flexibility index (Phi) is 4.83. The summed E-state index contributed by atoms with van der Waals surface area (Å²) in [6.45, 7) is 4.73. The molecule has 17 heavy (non-hydrogen) atoms. The van der Waals surface area contributed by atoms with E-state index in [1.165, 1.54) is 51.7 Å². The van der Waals surface area contributed by atoms with Crippen LogP contribution in [0.3, 0.4) is 0 Å². The molecule has 0 spiro atoms. The fourth-order valence-corrected chi connectivity index (χ4v) is 3.66. The smallest absolute Gasteiger partial charge is 0.0133 e. The van der Waals surface area contributed by atoms with E-state index in [1.807, 2.05) is 0 Å². The Morgan fingerprint density at radius 2 is 1.88 bits per heavy atom. The summed E-state index contributed by atoms with van der Waals surface area (Å²) in [5, 5.41) is 0. The predicted molar refractivity (Wildman–Crippen MR) is 73.0 cm³/mol. The highest BCUT2D eigenvalue weighted by atomic mass is 15.1. The van der Waals surface area contributed by atoms with E-state index in [-0.39, 0.29) is 0 Å². The number of likely N-dealkylation sites (tertiary alicyclic amines) is 1. The molecular weight excluding hydrogens is 210 g/mol. The van der Waals surface area contributed by atoms with E-state index >= 15 is 0 Å². The number of nitrogens with two attached hydrogens (primary N) is 1. The third kappa shape index (κ3) is 3.43. The van der Waals surface area contributed by atoms with Crippen molar-refractivity contribution in [3.05, 3.63) is 0 Å². The van der Waals surface area contributed by atoms with E-state index in [2.05, 4.69) is 23.9 Å². The quantitative estimate of drug-likeness (QED) is 0.804.